The summed E-state index contributed by atoms with van der Waals surface area (Å²) in [7, 11) is -3.53. The normalized spacial score (nSPS) is 18.8. The monoisotopic (exact) mass is 445 g/mol. The molecule has 1 aliphatic rings. The third-order valence-electron chi connectivity index (χ3n) is 5.28. The summed E-state index contributed by atoms with van der Waals surface area (Å²) in [5, 5.41) is 8.88. The van der Waals surface area contributed by atoms with E-state index in [2.05, 4.69) is 15.4 Å². The highest BCUT2D eigenvalue weighted by Gasteiger charge is 2.34. The Bertz CT molecular complexity index is 1080. The van der Waals surface area contributed by atoms with E-state index in [1.807, 2.05) is 31.2 Å². The SMILES string of the molecule is C[C@H](NC(=O)[C@H]1CCCN(S(=O)(=O)c2cccs2)C1)c1ccc(-n2cncn2)cc1. The van der Waals surface area contributed by atoms with Crippen molar-refractivity contribution in [2.75, 3.05) is 13.1 Å². The molecule has 0 spiro atoms. The number of hydrogen-bond donors (Lipinski definition) is 1. The van der Waals surface area contributed by atoms with Gasteiger partial charge in [0, 0.05) is 13.1 Å². The molecule has 8 nitrogen and oxygen atoms in total. The number of carbonyl (C=O) groups excluding carboxylic acids is 1. The molecule has 3 heterocycles. The number of amides is 1. The number of nitrogens with zero attached hydrogens (tertiary/aromatic N) is 4. The lowest BCUT2D eigenvalue weighted by atomic mass is 9.98. The van der Waals surface area contributed by atoms with Crippen molar-refractivity contribution in [1.82, 2.24) is 24.4 Å². The van der Waals surface area contributed by atoms with Gasteiger partial charge >= 0.3 is 0 Å². The van der Waals surface area contributed by atoms with Gasteiger partial charge in [0.25, 0.3) is 10.0 Å². The molecule has 158 valence electrons. The molecule has 1 saturated heterocycles. The second kappa shape index (κ2) is 8.66. The van der Waals surface area contributed by atoms with E-state index in [0.717, 1.165) is 11.3 Å². The highest BCUT2D eigenvalue weighted by Crippen LogP contribution is 2.27. The number of aromatic nitrogens is 3. The fraction of sp³-hybridized carbons (Fsp3) is 0.350. The van der Waals surface area contributed by atoms with Crippen LogP contribution in [-0.4, -0.2) is 46.5 Å². The number of piperidine rings is 1. The fourth-order valence-electron chi connectivity index (χ4n) is 3.58. The summed E-state index contributed by atoms with van der Waals surface area (Å²) in [6.45, 7) is 2.58. The molecule has 1 N–H and O–H groups in total. The van der Waals surface area contributed by atoms with Crippen LogP contribution in [0.5, 0.6) is 0 Å². The van der Waals surface area contributed by atoms with Gasteiger partial charge in [0.15, 0.2) is 0 Å². The highest BCUT2D eigenvalue weighted by atomic mass is 32.2. The first-order valence-corrected chi connectivity index (χ1v) is 12.1. The lowest BCUT2D eigenvalue weighted by Crippen LogP contribution is -2.45. The molecule has 30 heavy (non-hydrogen) atoms. The molecule has 1 aliphatic heterocycles. The van der Waals surface area contributed by atoms with E-state index >= 15 is 0 Å². The van der Waals surface area contributed by atoms with E-state index in [4.69, 9.17) is 0 Å². The van der Waals surface area contributed by atoms with E-state index in [9.17, 15) is 13.2 Å². The van der Waals surface area contributed by atoms with E-state index in [1.165, 1.54) is 22.0 Å². The lowest BCUT2D eigenvalue weighted by molar-refractivity contribution is -0.126. The molecule has 1 amide bonds. The topological polar surface area (TPSA) is 97.2 Å². The van der Waals surface area contributed by atoms with Crippen LogP contribution in [0.15, 0.2) is 58.6 Å². The maximum Gasteiger partial charge on any atom is 0.252 e. The van der Waals surface area contributed by atoms with E-state index in [0.29, 0.717) is 23.6 Å². The summed E-state index contributed by atoms with van der Waals surface area (Å²) in [6.07, 6.45) is 4.45. The quantitative estimate of drug-likeness (QED) is 0.629. The van der Waals surface area contributed by atoms with E-state index in [-0.39, 0.29) is 24.4 Å². The number of nitrogens with one attached hydrogen (secondary N) is 1. The number of thiophene rings is 1. The van der Waals surface area contributed by atoms with Gasteiger partial charge in [0.2, 0.25) is 5.91 Å². The molecule has 0 radical (unpaired) electrons. The van der Waals surface area contributed by atoms with Gasteiger partial charge in [-0.2, -0.15) is 9.40 Å². The van der Waals surface area contributed by atoms with Crippen molar-refractivity contribution < 1.29 is 13.2 Å². The molecule has 0 unspecified atom stereocenters. The first-order chi connectivity index (χ1) is 14.4. The Hall–Kier alpha value is -2.56. The highest BCUT2D eigenvalue weighted by molar-refractivity contribution is 7.91. The second-order valence-corrected chi connectivity index (χ2v) is 10.4. The molecule has 3 aromatic rings. The predicted molar refractivity (Wildman–Crippen MR) is 114 cm³/mol. The number of benzene rings is 1. The van der Waals surface area contributed by atoms with E-state index < -0.39 is 10.0 Å². The van der Waals surface area contributed by atoms with Crippen LogP contribution in [0, 0.1) is 5.92 Å². The maximum atomic E-state index is 12.8. The summed E-state index contributed by atoms with van der Waals surface area (Å²) < 4.78 is 29.0. The Labute approximate surface area is 179 Å². The summed E-state index contributed by atoms with van der Waals surface area (Å²) in [5.41, 5.74) is 1.85. The molecule has 1 aromatic carbocycles. The molecule has 2 aromatic heterocycles. The average molecular weight is 446 g/mol. The van der Waals surface area contributed by atoms with Crippen LogP contribution in [0.1, 0.15) is 31.4 Å². The summed E-state index contributed by atoms with van der Waals surface area (Å²) in [5.74, 6) is -0.473. The minimum absolute atomic E-state index is 0.117. The van der Waals surface area contributed by atoms with Crippen molar-refractivity contribution >= 4 is 27.3 Å². The smallest absolute Gasteiger partial charge is 0.252 e. The third kappa shape index (κ3) is 4.30. The Morgan fingerprint density at radius 3 is 2.73 bits per heavy atom. The summed E-state index contributed by atoms with van der Waals surface area (Å²) >= 11 is 1.20. The van der Waals surface area contributed by atoms with Crippen LogP contribution < -0.4 is 5.32 Å². The summed E-state index contributed by atoms with van der Waals surface area (Å²) in [4.78, 5) is 16.8. The minimum atomic E-state index is -3.53. The van der Waals surface area contributed by atoms with Crippen LogP contribution in [0.2, 0.25) is 0 Å². The van der Waals surface area contributed by atoms with Gasteiger partial charge in [0.05, 0.1) is 17.6 Å². The predicted octanol–water partition coefficient (Wildman–Crippen LogP) is 2.61. The molecular formula is C20H23N5O3S2. The van der Waals surface area contributed by atoms with Gasteiger partial charge < -0.3 is 5.32 Å². The van der Waals surface area contributed by atoms with Gasteiger partial charge in [0.1, 0.15) is 16.9 Å². The van der Waals surface area contributed by atoms with Crippen LogP contribution in [0.4, 0.5) is 0 Å². The van der Waals surface area contributed by atoms with Crippen LogP contribution in [-0.2, 0) is 14.8 Å². The van der Waals surface area contributed by atoms with Crippen molar-refractivity contribution in [3.63, 3.8) is 0 Å². The molecule has 4 rings (SSSR count). The van der Waals surface area contributed by atoms with Crippen molar-refractivity contribution in [2.45, 2.75) is 30.0 Å². The zero-order valence-electron chi connectivity index (χ0n) is 16.5. The van der Waals surface area contributed by atoms with Crippen LogP contribution in [0.25, 0.3) is 5.69 Å². The van der Waals surface area contributed by atoms with Crippen LogP contribution in [0.3, 0.4) is 0 Å². The molecule has 0 bridgehead atoms. The third-order valence-corrected chi connectivity index (χ3v) is 8.52. The first-order valence-electron chi connectivity index (χ1n) is 9.74. The van der Waals surface area contributed by atoms with Gasteiger partial charge in [-0.05, 0) is 48.9 Å². The lowest BCUT2D eigenvalue weighted by Gasteiger charge is -2.31. The van der Waals surface area contributed by atoms with Crippen molar-refractivity contribution in [3.8, 4) is 5.69 Å². The molecule has 0 aliphatic carbocycles. The first kappa shape index (κ1) is 20.7. The fourth-order valence-corrected chi connectivity index (χ4v) is 6.25. The average Bonchev–Trinajstić information content (AvgIpc) is 3.48. The zero-order valence-corrected chi connectivity index (χ0v) is 18.1. The van der Waals surface area contributed by atoms with E-state index in [1.54, 1.807) is 28.5 Å². The second-order valence-electron chi connectivity index (χ2n) is 7.30. The van der Waals surface area contributed by atoms with Crippen LogP contribution >= 0.6 is 11.3 Å². The molecule has 0 saturated carbocycles. The molecule has 10 heteroatoms. The molecule has 2 atom stereocenters. The number of sulfonamides is 1. The van der Waals surface area contributed by atoms with Gasteiger partial charge in [-0.3, -0.25) is 4.79 Å². The van der Waals surface area contributed by atoms with Gasteiger partial charge in [-0.15, -0.1) is 11.3 Å². The molecular weight excluding hydrogens is 422 g/mol. The number of rotatable bonds is 6. The standard InChI is InChI=1S/C20H23N5O3S2/c1-15(16-6-8-18(9-7-16)25-14-21-13-22-25)23-20(26)17-4-2-10-24(12-17)30(27,28)19-5-3-11-29-19/h3,5-9,11,13-15,17H,2,4,10,12H2,1H3,(H,23,26)/t15-,17-/m0/s1. The zero-order chi connectivity index (χ0) is 21.1. The Morgan fingerprint density at radius 1 is 1.27 bits per heavy atom. The minimum Gasteiger partial charge on any atom is -0.349 e. The van der Waals surface area contributed by atoms with Crippen molar-refractivity contribution in [3.05, 3.63) is 60.0 Å². The van der Waals surface area contributed by atoms with Gasteiger partial charge in [-0.25, -0.2) is 18.1 Å². The summed E-state index contributed by atoms with van der Waals surface area (Å²) in [6, 6.07) is 10.9. The van der Waals surface area contributed by atoms with Gasteiger partial charge in [-0.1, -0.05) is 18.2 Å². The maximum absolute atomic E-state index is 12.8. The number of carbonyl (C=O) groups is 1. The largest absolute Gasteiger partial charge is 0.349 e. The Morgan fingerprint density at radius 2 is 2.07 bits per heavy atom. The van der Waals surface area contributed by atoms with Crippen molar-refractivity contribution in [1.29, 1.82) is 0 Å². The molecule has 1 fully saturated rings. The van der Waals surface area contributed by atoms with Crippen molar-refractivity contribution in [2.24, 2.45) is 5.92 Å². The number of hydrogen-bond acceptors (Lipinski definition) is 6. The Balaban J connectivity index is 1.39. The Kier molecular flexibility index (Phi) is 5.98.